The Kier molecular flexibility index (Phi) is 7.77. The lowest BCUT2D eigenvalue weighted by Gasteiger charge is -2.32. The second kappa shape index (κ2) is 10.8. The fraction of sp³-hybridized carbons (Fsp3) is 0.476. The monoisotopic (exact) mass is 495 g/mol. The molecule has 0 aliphatic carbocycles. The van der Waals surface area contributed by atoms with E-state index >= 15 is 0 Å². The van der Waals surface area contributed by atoms with Gasteiger partial charge in [-0.05, 0) is 25.0 Å². The Morgan fingerprint density at radius 2 is 2.12 bits per heavy atom. The Labute approximate surface area is 195 Å². The van der Waals surface area contributed by atoms with Crippen LogP contribution in [0.5, 0.6) is 5.75 Å². The minimum Gasteiger partial charge on any atom is -0.468 e. The first-order valence-corrected chi connectivity index (χ1v) is 11.9. The van der Waals surface area contributed by atoms with E-state index in [9.17, 15) is 19.5 Å². The summed E-state index contributed by atoms with van der Waals surface area (Å²) in [6.07, 6.45) is -0.509. The van der Waals surface area contributed by atoms with Crippen molar-refractivity contribution in [1.29, 1.82) is 0 Å². The Morgan fingerprint density at radius 1 is 1.32 bits per heavy atom. The van der Waals surface area contributed by atoms with Crippen molar-refractivity contribution in [2.75, 3.05) is 26.9 Å². The van der Waals surface area contributed by atoms with Crippen LogP contribution < -0.4 is 20.9 Å². The number of nitrogens with one attached hydrogen (secondary N) is 2. The van der Waals surface area contributed by atoms with Crippen molar-refractivity contribution < 1.29 is 33.2 Å². The van der Waals surface area contributed by atoms with E-state index in [1.54, 1.807) is 24.3 Å². The second-order valence-electron chi connectivity index (χ2n) is 7.76. The van der Waals surface area contributed by atoms with Crippen LogP contribution in [0.25, 0.3) is 0 Å². The summed E-state index contributed by atoms with van der Waals surface area (Å²) in [6.45, 7) is 0.131. The maximum Gasteiger partial charge on any atom is 0.330 e. The van der Waals surface area contributed by atoms with Crippen LogP contribution >= 0.6 is 8.53 Å². The van der Waals surface area contributed by atoms with Crippen molar-refractivity contribution in [1.82, 2.24) is 14.6 Å². The summed E-state index contributed by atoms with van der Waals surface area (Å²) >= 11 is 0. The first-order valence-electron chi connectivity index (χ1n) is 10.7. The summed E-state index contributed by atoms with van der Waals surface area (Å²) in [6, 6.07) is 10.1. The first kappa shape index (κ1) is 24.5. The molecule has 2 aromatic rings. The summed E-state index contributed by atoms with van der Waals surface area (Å²) in [7, 11) is -0.540. The number of esters is 1. The van der Waals surface area contributed by atoms with Crippen molar-refractivity contribution in [3.8, 4) is 5.75 Å². The zero-order valence-electron chi connectivity index (χ0n) is 18.4. The van der Waals surface area contributed by atoms with E-state index in [4.69, 9.17) is 18.5 Å². The normalized spacial score (nSPS) is 27.1. The minimum absolute atomic E-state index is 0.117. The van der Waals surface area contributed by atoms with E-state index in [1.807, 2.05) is 6.07 Å². The van der Waals surface area contributed by atoms with Crippen LogP contribution in [0.1, 0.15) is 19.1 Å². The Morgan fingerprint density at radius 3 is 2.79 bits per heavy atom. The molecule has 2 aliphatic heterocycles. The molecule has 2 saturated heterocycles. The van der Waals surface area contributed by atoms with Gasteiger partial charge in [0.1, 0.15) is 30.1 Å². The molecule has 2 fully saturated rings. The van der Waals surface area contributed by atoms with E-state index in [2.05, 4.69) is 14.8 Å². The van der Waals surface area contributed by atoms with Gasteiger partial charge in [-0.3, -0.25) is 19.1 Å². The molecule has 1 aromatic heterocycles. The summed E-state index contributed by atoms with van der Waals surface area (Å²) in [5.74, 6) is 0.0212. The number of aromatic nitrogens is 2. The van der Waals surface area contributed by atoms with Gasteiger partial charge in [-0.25, -0.2) is 9.88 Å². The topological polar surface area (TPSA) is 150 Å². The van der Waals surface area contributed by atoms with Crippen molar-refractivity contribution in [3.05, 3.63) is 63.4 Å². The molecule has 1 aromatic carbocycles. The lowest BCUT2D eigenvalue weighted by molar-refractivity contribution is -0.139. The van der Waals surface area contributed by atoms with E-state index in [0.29, 0.717) is 25.2 Å². The number of para-hydroxylation sites is 1. The number of carbonyl (C=O) groups excluding carboxylic acids is 1. The van der Waals surface area contributed by atoms with Gasteiger partial charge in [-0.15, -0.1) is 0 Å². The quantitative estimate of drug-likeness (QED) is 0.330. The number of aliphatic hydroxyl groups excluding tert-OH is 1. The number of hydrogen-bond acceptors (Lipinski definition) is 10. The number of rotatable bonds is 9. The second-order valence-corrected chi connectivity index (χ2v) is 9.04. The van der Waals surface area contributed by atoms with Crippen LogP contribution in [-0.2, 0) is 23.5 Å². The van der Waals surface area contributed by atoms with Gasteiger partial charge in [0.05, 0.1) is 13.7 Å². The van der Waals surface area contributed by atoms with E-state index < -0.39 is 49.8 Å². The van der Waals surface area contributed by atoms with Gasteiger partial charge in [-0.2, -0.15) is 0 Å². The van der Waals surface area contributed by atoms with Gasteiger partial charge < -0.3 is 28.4 Å². The third-order valence-electron chi connectivity index (χ3n) is 5.63. The van der Waals surface area contributed by atoms with E-state index in [1.165, 1.54) is 23.9 Å². The average molecular weight is 495 g/mol. The van der Waals surface area contributed by atoms with E-state index in [0.717, 1.165) is 0 Å². The van der Waals surface area contributed by atoms with Gasteiger partial charge in [-0.1, -0.05) is 18.2 Å². The fourth-order valence-corrected chi connectivity index (χ4v) is 5.06. The van der Waals surface area contributed by atoms with Crippen molar-refractivity contribution >= 4 is 14.5 Å². The molecule has 3 unspecified atom stereocenters. The van der Waals surface area contributed by atoms with Crippen LogP contribution in [0.3, 0.4) is 0 Å². The molecule has 3 N–H and O–H groups in total. The van der Waals surface area contributed by atoms with Crippen molar-refractivity contribution in [2.45, 2.75) is 36.9 Å². The molecule has 5 atom stereocenters. The number of H-pyrrole nitrogens is 1. The van der Waals surface area contributed by atoms with Crippen LogP contribution in [0, 0.1) is 0 Å². The summed E-state index contributed by atoms with van der Waals surface area (Å²) in [5.41, 5.74) is -2.38. The zero-order chi connectivity index (χ0) is 24.1. The average Bonchev–Trinajstić information content (AvgIpc) is 3.43. The summed E-state index contributed by atoms with van der Waals surface area (Å²) in [4.78, 5) is 37.7. The van der Waals surface area contributed by atoms with Crippen LogP contribution in [0.2, 0.25) is 0 Å². The maximum atomic E-state index is 12.4. The SMILES string of the molecule is COC(=O)CNP(OCC1OC(n2ccc(=O)[nH]c2=O)[C@@]2(CCCO2)[C@@H]1O)Oc1ccccc1. The molecular formula is C21H26N3O9P. The third-order valence-corrected chi connectivity index (χ3v) is 6.81. The molecule has 0 radical (unpaired) electrons. The van der Waals surface area contributed by atoms with Gasteiger partial charge in [0.2, 0.25) is 0 Å². The number of carbonyl (C=O) groups is 1. The van der Waals surface area contributed by atoms with Crippen LogP contribution in [0.15, 0.2) is 52.2 Å². The highest BCUT2D eigenvalue weighted by atomic mass is 31.2. The molecule has 34 heavy (non-hydrogen) atoms. The molecular weight excluding hydrogens is 469 g/mol. The Balaban J connectivity index is 1.50. The number of nitrogens with zero attached hydrogens (tertiary/aromatic N) is 1. The Hall–Kier alpha value is -2.60. The standard InChI is InChI=1S/C21H26N3O9P/c1-29-17(26)12-22-34(33-14-6-3-2-4-7-14)31-13-15-18(27)21(9-5-11-30-21)19(32-15)24-10-8-16(25)23-20(24)28/h2-4,6-8,10,15,18-19,22,27H,5,9,11-13H2,1H3,(H,23,25,28)/t15?,18-,19?,21-,34?/m1/s1. The fourth-order valence-electron chi connectivity index (χ4n) is 3.99. The summed E-state index contributed by atoms with van der Waals surface area (Å²) < 4.78 is 29.5. The number of aromatic amines is 1. The number of aliphatic hydroxyl groups is 1. The lowest BCUT2D eigenvalue weighted by atomic mass is 9.91. The molecule has 13 heteroatoms. The molecule has 4 rings (SSSR count). The smallest absolute Gasteiger partial charge is 0.330 e. The molecule has 1 spiro atoms. The minimum atomic E-state index is -1.81. The van der Waals surface area contributed by atoms with Crippen LogP contribution in [-0.4, -0.2) is 65.3 Å². The van der Waals surface area contributed by atoms with Gasteiger partial charge in [0.25, 0.3) is 5.56 Å². The highest BCUT2D eigenvalue weighted by Gasteiger charge is 2.60. The number of ether oxygens (including phenoxy) is 3. The van der Waals surface area contributed by atoms with Crippen molar-refractivity contribution in [2.24, 2.45) is 0 Å². The first-order chi connectivity index (χ1) is 16.4. The largest absolute Gasteiger partial charge is 0.468 e. The molecule has 0 bridgehead atoms. The highest BCUT2D eigenvalue weighted by molar-refractivity contribution is 7.45. The molecule has 3 heterocycles. The van der Waals surface area contributed by atoms with Crippen molar-refractivity contribution in [3.63, 3.8) is 0 Å². The number of hydrogen-bond donors (Lipinski definition) is 3. The molecule has 12 nitrogen and oxygen atoms in total. The molecule has 184 valence electrons. The van der Waals surface area contributed by atoms with Crippen LogP contribution in [0.4, 0.5) is 0 Å². The molecule has 0 saturated carbocycles. The molecule has 0 amide bonds. The highest BCUT2D eigenvalue weighted by Crippen LogP contribution is 2.47. The lowest BCUT2D eigenvalue weighted by Crippen LogP contribution is -2.48. The summed E-state index contributed by atoms with van der Waals surface area (Å²) in [5, 5.41) is 14.0. The van der Waals surface area contributed by atoms with E-state index in [-0.39, 0.29) is 13.2 Å². The van der Waals surface area contributed by atoms with Gasteiger partial charge in [0.15, 0.2) is 6.23 Å². The predicted octanol–water partition coefficient (Wildman–Crippen LogP) is 0.429. The predicted molar refractivity (Wildman–Crippen MR) is 119 cm³/mol. The zero-order valence-corrected chi connectivity index (χ0v) is 19.3. The number of benzene rings is 1. The maximum absolute atomic E-state index is 12.4. The molecule has 2 aliphatic rings. The third kappa shape index (κ3) is 5.22. The van der Waals surface area contributed by atoms with Gasteiger partial charge in [0, 0.05) is 18.9 Å². The Bertz CT molecular complexity index is 1090. The number of methoxy groups -OCH3 is 1. The van der Waals surface area contributed by atoms with Gasteiger partial charge >= 0.3 is 20.2 Å².